The van der Waals surface area contributed by atoms with Crippen molar-refractivity contribution in [2.45, 2.75) is 60.8 Å². The molecule has 0 aliphatic heterocycles. The van der Waals surface area contributed by atoms with Gasteiger partial charge >= 0.3 is 5.69 Å². The molecule has 3 rings (SSSR count). The lowest BCUT2D eigenvalue weighted by Crippen LogP contribution is -2.12. The molecule has 3 aromatic carbocycles. The van der Waals surface area contributed by atoms with Crippen LogP contribution in [0.1, 0.15) is 58.2 Å². The molecule has 0 saturated carbocycles. The lowest BCUT2D eigenvalue weighted by molar-refractivity contribution is 0.400. The largest absolute Gasteiger partial charge is 0.428 e. The van der Waals surface area contributed by atoms with Crippen molar-refractivity contribution in [3.8, 4) is 11.5 Å². The fourth-order valence-corrected chi connectivity index (χ4v) is 8.28. The van der Waals surface area contributed by atoms with E-state index in [0.717, 1.165) is 36.5 Å². The van der Waals surface area contributed by atoms with E-state index >= 15 is 0 Å². The second kappa shape index (κ2) is 12.0. The van der Waals surface area contributed by atoms with Crippen LogP contribution in [0.25, 0.3) is 0 Å². The Morgan fingerprint density at radius 1 is 0.657 bits per heavy atom. The smallest absolute Gasteiger partial charge is 0.348 e. The number of para-hydroxylation sites is 2. The third-order valence-corrected chi connectivity index (χ3v) is 10.2. The van der Waals surface area contributed by atoms with Crippen LogP contribution < -0.4 is 9.05 Å². The van der Waals surface area contributed by atoms with Crippen molar-refractivity contribution >= 4 is 28.9 Å². The molecule has 0 saturated heterocycles. The van der Waals surface area contributed by atoms with Crippen LogP contribution in [0.15, 0.2) is 78.9 Å². The van der Waals surface area contributed by atoms with Gasteiger partial charge in [-0.2, -0.15) is 0 Å². The molecule has 0 bridgehead atoms. The SMILES string of the molecule is CC(C)(C)Cc1ccccc1OP(=S)(Oc1ccccc1CC(C)(C)C)SCCc1ccccc1. The number of aryl methyl sites for hydroxylation is 1. The Balaban J connectivity index is 1.89. The molecule has 0 radical (unpaired) electrons. The van der Waals surface area contributed by atoms with Gasteiger partial charge < -0.3 is 9.05 Å². The van der Waals surface area contributed by atoms with Gasteiger partial charge in [0.2, 0.25) is 0 Å². The zero-order valence-electron chi connectivity index (χ0n) is 21.9. The van der Waals surface area contributed by atoms with Gasteiger partial charge in [0.15, 0.2) is 0 Å². The van der Waals surface area contributed by atoms with Crippen molar-refractivity contribution in [1.29, 1.82) is 0 Å². The minimum absolute atomic E-state index is 0.142. The fraction of sp³-hybridized carbons (Fsp3) is 0.400. The summed E-state index contributed by atoms with van der Waals surface area (Å²) in [5.41, 5.74) is 1.18. The molecular formula is C30H39O2PS2. The van der Waals surface area contributed by atoms with Crippen LogP contribution >= 0.6 is 17.1 Å². The Labute approximate surface area is 221 Å². The van der Waals surface area contributed by atoms with E-state index in [0.29, 0.717) is 0 Å². The Morgan fingerprint density at radius 3 is 1.54 bits per heavy atom. The van der Waals surface area contributed by atoms with E-state index in [1.807, 2.05) is 30.3 Å². The Kier molecular flexibility index (Phi) is 9.54. The van der Waals surface area contributed by atoms with Crippen LogP contribution in [0, 0.1) is 10.8 Å². The summed E-state index contributed by atoms with van der Waals surface area (Å²) in [4.78, 5) is 0. The van der Waals surface area contributed by atoms with Crippen molar-refractivity contribution in [1.82, 2.24) is 0 Å². The van der Waals surface area contributed by atoms with Gasteiger partial charge in [0.1, 0.15) is 11.5 Å². The highest BCUT2D eigenvalue weighted by atomic mass is 32.9. The predicted octanol–water partition coefficient (Wildman–Crippen LogP) is 9.52. The summed E-state index contributed by atoms with van der Waals surface area (Å²) in [6, 6.07) is 27.0. The van der Waals surface area contributed by atoms with Gasteiger partial charge in [-0.3, -0.25) is 0 Å². The van der Waals surface area contributed by atoms with Gasteiger partial charge in [0.05, 0.1) is 0 Å². The lowest BCUT2D eigenvalue weighted by Gasteiger charge is -2.27. The molecule has 2 nitrogen and oxygen atoms in total. The van der Waals surface area contributed by atoms with Crippen molar-refractivity contribution in [3.05, 3.63) is 95.6 Å². The van der Waals surface area contributed by atoms with Crippen molar-refractivity contribution in [2.75, 3.05) is 5.75 Å². The molecule has 5 heteroatoms. The topological polar surface area (TPSA) is 18.5 Å². The Bertz CT molecular complexity index is 1070. The van der Waals surface area contributed by atoms with Crippen molar-refractivity contribution in [3.63, 3.8) is 0 Å². The highest BCUT2D eigenvalue weighted by Crippen LogP contribution is 2.61. The van der Waals surface area contributed by atoms with E-state index in [-0.39, 0.29) is 10.8 Å². The first-order valence-corrected chi connectivity index (χ1v) is 16.5. The monoisotopic (exact) mass is 526 g/mol. The van der Waals surface area contributed by atoms with Gasteiger partial charge in [-0.15, -0.1) is 0 Å². The van der Waals surface area contributed by atoms with Crippen LogP contribution in [0.5, 0.6) is 11.5 Å². The van der Waals surface area contributed by atoms with E-state index in [1.165, 1.54) is 16.7 Å². The zero-order chi connectivity index (χ0) is 25.5. The summed E-state index contributed by atoms with van der Waals surface area (Å²) in [7, 11) is 0. The van der Waals surface area contributed by atoms with E-state index in [4.69, 9.17) is 20.9 Å². The molecule has 0 fully saturated rings. The maximum atomic E-state index is 6.67. The van der Waals surface area contributed by atoms with E-state index in [9.17, 15) is 0 Å². The first kappa shape index (κ1) is 27.8. The van der Waals surface area contributed by atoms with Gasteiger partial charge in [-0.1, -0.05) is 108 Å². The molecule has 0 N–H and O–H groups in total. The molecule has 0 heterocycles. The standard InChI is InChI=1S/C30H39O2PS2/c1-29(2,3)22-25-16-10-12-18-27(25)31-33(34,35-21-20-24-14-8-7-9-15-24)32-28-19-13-11-17-26(28)23-30(4,5)6/h7-19H,20-23H2,1-6H3. The molecule has 0 unspecified atom stereocenters. The highest BCUT2D eigenvalue weighted by Gasteiger charge is 2.27. The molecule has 188 valence electrons. The van der Waals surface area contributed by atoms with Crippen LogP contribution in [0.2, 0.25) is 0 Å². The van der Waals surface area contributed by atoms with Crippen molar-refractivity contribution < 1.29 is 9.05 Å². The minimum atomic E-state index is -2.73. The normalized spacial score (nSPS) is 12.4. The Morgan fingerprint density at radius 2 is 1.09 bits per heavy atom. The van der Waals surface area contributed by atoms with Crippen LogP contribution in [0.4, 0.5) is 0 Å². The third kappa shape index (κ3) is 9.67. The lowest BCUT2D eigenvalue weighted by atomic mass is 9.88. The molecule has 0 spiro atoms. The third-order valence-electron chi connectivity index (χ3n) is 5.29. The summed E-state index contributed by atoms with van der Waals surface area (Å²) in [5.74, 6) is 2.52. The molecule has 35 heavy (non-hydrogen) atoms. The number of rotatable bonds is 10. The summed E-state index contributed by atoms with van der Waals surface area (Å²) < 4.78 is 13.3. The molecule has 0 amide bonds. The predicted molar refractivity (Wildman–Crippen MR) is 157 cm³/mol. The summed E-state index contributed by atoms with van der Waals surface area (Å²) in [6.07, 6.45) is 2.74. The molecule has 3 aromatic rings. The van der Waals surface area contributed by atoms with Gasteiger partial charge in [0.25, 0.3) is 0 Å². The zero-order valence-corrected chi connectivity index (χ0v) is 24.4. The first-order valence-electron chi connectivity index (χ1n) is 12.3. The molecule has 0 aliphatic rings. The summed E-state index contributed by atoms with van der Waals surface area (Å²) >= 11 is 7.86. The van der Waals surface area contributed by atoms with E-state index in [1.54, 1.807) is 11.4 Å². The second-order valence-electron chi connectivity index (χ2n) is 11.4. The maximum absolute atomic E-state index is 6.67. The van der Waals surface area contributed by atoms with Crippen molar-refractivity contribution in [2.24, 2.45) is 10.8 Å². The minimum Gasteiger partial charge on any atom is -0.428 e. The van der Waals surface area contributed by atoms with Crippen LogP contribution in [0.3, 0.4) is 0 Å². The molecule has 0 atom stereocenters. The number of hydrogen-bond acceptors (Lipinski definition) is 4. The average molecular weight is 527 g/mol. The average Bonchev–Trinajstić information content (AvgIpc) is 2.75. The first-order chi connectivity index (χ1) is 16.4. The van der Waals surface area contributed by atoms with Crippen LogP contribution in [-0.2, 0) is 31.1 Å². The van der Waals surface area contributed by atoms with E-state index < -0.39 is 5.69 Å². The van der Waals surface area contributed by atoms with Gasteiger partial charge in [0, 0.05) is 5.75 Å². The summed E-state index contributed by atoms with van der Waals surface area (Å²) in [5, 5.41) is 0. The molecule has 0 aromatic heterocycles. The number of benzene rings is 3. The second-order valence-corrected chi connectivity index (χ2v) is 17.7. The quantitative estimate of drug-likeness (QED) is 0.245. The summed E-state index contributed by atoms with van der Waals surface area (Å²) in [6.45, 7) is 13.5. The van der Waals surface area contributed by atoms with Crippen LogP contribution in [-0.4, -0.2) is 5.75 Å². The van der Waals surface area contributed by atoms with Gasteiger partial charge in [-0.05, 0) is 82.1 Å². The maximum Gasteiger partial charge on any atom is 0.348 e. The molecular weight excluding hydrogens is 487 g/mol. The highest BCUT2D eigenvalue weighted by molar-refractivity contribution is 8.68. The Hall–Kier alpha value is -1.74. The number of hydrogen-bond donors (Lipinski definition) is 0. The molecule has 0 aliphatic carbocycles. The van der Waals surface area contributed by atoms with E-state index in [2.05, 4.69) is 90.1 Å². The van der Waals surface area contributed by atoms with Gasteiger partial charge in [-0.25, -0.2) is 0 Å². The fourth-order valence-electron chi connectivity index (χ4n) is 3.85.